The van der Waals surface area contributed by atoms with E-state index in [-0.39, 0.29) is 6.04 Å². The van der Waals surface area contributed by atoms with Gasteiger partial charge in [0.25, 0.3) is 0 Å². The molecule has 1 aliphatic rings. The van der Waals surface area contributed by atoms with Crippen LogP contribution < -0.4 is 0 Å². The van der Waals surface area contributed by atoms with E-state index in [0.29, 0.717) is 6.42 Å². The first-order chi connectivity index (χ1) is 10.8. The highest BCUT2D eigenvalue weighted by molar-refractivity contribution is 5.89. The van der Waals surface area contributed by atoms with Crippen LogP contribution in [0.25, 0.3) is 22.3 Å². The molecular weight excluding hydrogens is 276 g/mol. The Kier molecular flexibility index (Phi) is 3.11. The summed E-state index contributed by atoms with van der Waals surface area (Å²) < 4.78 is 1.93. The minimum Gasteiger partial charge on any atom is -0.346 e. The molecule has 1 saturated carbocycles. The molecule has 6 heteroatoms. The Morgan fingerprint density at radius 1 is 1.41 bits per heavy atom. The highest BCUT2D eigenvalue weighted by Gasteiger charge is 2.27. The molecule has 0 unspecified atom stereocenters. The van der Waals surface area contributed by atoms with E-state index in [4.69, 9.17) is 5.26 Å². The Balaban J connectivity index is 1.68. The van der Waals surface area contributed by atoms with Gasteiger partial charge >= 0.3 is 0 Å². The number of hydrogen-bond donors (Lipinski definition) is 1. The van der Waals surface area contributed by atoms with Gasteiger partial charge in [-0.25, -0.2) is 9.97 Å². The minimum absolute atomic E-state index is 0.162. The Labute approximate surface area is 127 Å². The molecule has 3 aromatic heterocycles. The zero-order valence-electron chi connectivity index (χ0n) is 12.1. The van der Waals surface area contributed by atoms with Crippen molar-refractivity contribution in [1.29, 1.82) is 5.26 Å². The highest BCUT2D eigenvalue weighted by Crippen LogP contribution is 2.38. The molecule has 0 spiro atoms. The molecule has 0 radical (unpaired) electrons. The number of fused-ring (bicyclic) bond motifs is 1. The monoisotopic (exact) mass is 292 g/mol. The zero-order valence-corrected chi connectivity index (χ0v) is 12.1. The smallest absolute Gasteiger partial charge is 0.141 e. The lowest BCUT2D eigenvalue weighted by Gasteiger charge is -2.13. The van der Waals surface area contributed by atoms with Crippen LogP contribution in [0.4, 0.5) is 0 Å². The first kappa shape index (κ1) is 13.0. The summed E-state index contributed by atoms with van der Waals surface area (Å²) in [5.74, 6) is 0.765. The van der Waals surface area contributed by atoms with Gasteiger partial charge in [-0.1, -0.05) is 12.8 Å². The molecule has 4 rings (SSSR count). The second kappa shape index (κ2) is 5.26. The maximum atomic E-state index is 9.05. The van der Waals surface area contributed by atoms with Crippen molar-refractivity contribution in [3.8, 4) is 17.3 Å². The first-order valence-electron chi connectivity index (χ1n) is 7.54. The summed E-state index contributed by atoms with van der Waals surface area (Å²) in [5.41, 5.74) is 2.66. The van der Waals surface area contributed by atoms with Gasteiger partial charge in [0.1, 0.15) is 12.0 Å². The van der Waals surface area contributed by atoms with Gasteiger partial charge in [0.15, 0.2) is 0 Å². The van der Waals surface area contributed by atoms with Crippen LogP contribution >= 0.6 is 0 Å². The van der Waals surface area contributed by atoms with Gasteiger partial charge in [0, 0.05) is 23.3 Å². The van der Waals surface area contributed by atoms with E-state index in [1.54, 1.807) is 6.33 Å². The normalized spacial score (nSPS) is 15.8. The number of rotatable bonds is 5. The fourth-order valence-electron chi connectivity index (χ4n) is 2.89. The van der Waals surface area contributed by atoms with Crippen LogP contribution in [0.2, 0.25) is 0 Å². The Hall–Kier alpha value is -2.68. The van der Waals surface area contributed by atoms with E-state index in [0.717, 1.165) is 34.6 Å². The predicted octanol–water partition coefficient (Wildman–Crippen LogP) is 3.08. The molecule has 3 heterocycles. The van der Waals surface area contributed by atoms with E-state index in [1.165, 1.54) is 12.8 Å². The quantitative estimate of drug-likeness (QED) is 0.783. The number of nitrogens with one attached hydrogen (secondary N) is 1. The first-order valence-corrected chi connectivity index (χ1v) is 7.54. The molecule has 0 amide bonds. The fraction of sp³-hybridized carbons (Fsp3) is 0.375. The largest absolute Gasteiger partial charge is 0.346 e. The minimum atomic E-state index is 0.162. The van der Waals surface area contributed by atoms with Gasteiger partial charge < -0.3 is 4.98 Å². The van der Waals surface area contributed by atoms with E-state index in [9.17, 15) is 0 Å². The molecule has 3 aromatic rings. The Bertz CT molecular complexity index is 836. The molecule has 1 atom stereocenters. The van der Waals surface area contributed by atoms with Crippen molar-refractivity contribution in [3.63, 3.8) is 0 Å². The van der Waals surface area contributed by atoms with Gasteiger partial charge in [-0.15, -0.1) is 0 Å². The molecular formula is C16H16N6. The van der Waals surface area contributed by atoms with Crippen molar-refractivity contribution in [3.05, 3.63) is 31.0 Å². The number of H-pyrrole nitrogens is 1. The van der Waals surface area contributed by atoms with Crippen molar-refractivity contribution in [2.75, 3.05) is 0 Å². The molecule has 110 valence electrons. The van der Waals surface area contributed by atoms with Crippen molar-refractivity contribution in [2.24, 2.45) is 5.92 Å². The third-order valence-corrected chi connectivity index (χ3v) is 4.23. The summed E-state index contributed by atoms with van der Waals surface area (Å²) in [7, 11) is 0. The van der Waals surface area contributed by atoms with Crippen molar-refractivity contribution in [1.82, 2.24) is 24.7 Å². The lowest BCUT2D eigenvalue weighted by atomic mass is 10.1. The van der Waals surface area contributed by atoms with Crippen molar-refractivity contribution >= 4 is 11.0 Å². The van der Waals surface area contributed by atoms with Gasteiger partial charge in [0.05, 0.1) is 30.4 Å². The molecule has 1 fully saturated rings. The van der Waals surface area contributed by atoms with Crippen molar-refractivity contribution < 1.29 is 0 Å². The predicted molar refractivity (Wildman–Crippen MR) is 81.7 cm³/mol. The average Bonchev–Trinajstić information content (AvgIpc) is 3.05. The summed E-state index contributed by atoms with van der Waals surface area (Å²) >= 11 is 0. The Morgan fingerprint density at radius 2 is 2.32 bits per heavy atom. The topological polar surface area (TPSA) is 83.2 Å². The average molecular weight is 292 g/mol. The second-order valence-electron chi connectivity index (χ2n) is 5.87. The number of aromatic amines is 1. The van der Waals surface area contributed by atoms with Gasteiger partial charge in [-0.3, -0.25) is 4.68 Å². The highest BCUT2D eigenvalue weighted by atomic mass is 15.3. The molecule has 0 aliphatic heterocycles. The van der Waals surface area contributed by atoms with Crippen LogP contribution in [0.5, 0.6) is 0 Å². The van der Waals surface area contributed by atoms with Gasteiger partial charge in [-0.05, 0) is 18.4 Å². The summed E-state index contributed by atoms with van der Waals surface area (Å²) in [6.07, 6.45) is 11.4. The number of aromatic nitrogens is 5. The second-order valence-corrected chi connectivity index (χ2v) is 5.87. The lowest BCUT2D eigenvalue weighted by molar-refractivity contribution is 0.411. The van der Waals surface area contributed by atoms with E-state index >= 15 is 0 Å². The standard InChI is InChI=1S/C16H16N6/c17-5-3-13(7-11-1-2-11)22-9-12(8-21-22)15-14-4-6-18-16(14)20-10-19-15/h4,6,8-11,13H,1-3,7H2,(H,18,19,20)/t13-/m1/s1. The summed E-state index contributed by atoms with van der Waals surface area (Å²) in [6.45, 7) is 0. The Morgan fingerprint density at radius 3 is 3.14 bits per heavy atom. The SMILES string of the molecule is N#CC[C@H](CC1CC1)n1cc(-c2ncnc3[nH]ccc23)cn1. The van der Waals surface area contributed by atoms with Crippen LogP contribution in [0.15, 0.2) is 31.0 Å². The van der Waals surface area contributed by atoms with Crippen LogP contribution in [-0.2, 0) is 0 Å². The fourth-order valence-corrected chi connectivity index (χ4v) is 2.89. The van der Waals surface area contributed by atoms with Crippen LogP contribution in [0, 0.1) is 17.2 Å². The van der Waals surface area contributed by atoms with Crippen LogP contribution in [0.3, 0.4) is 0 Å². The molecule has 0 bridgehead atoms. The van der Waals surface area contributed by atoms with Crippen molar-refractivity contribution in [2.45, 2.75) is 31.7 Å². The van der Waals surface area contributed by atoms with Crippen LogP contribution in [0.1, 0.15) is 31.7 Å². The molecule has 1 aliphatic carbocycles. The number of hydrogen-bond acceptors (Lipinski definition) is 4. The lowest BCUT2D eigenvalue weighted by Crippen LogP contribution is -2.09. The summed E-state index contributed by atoms with van der Waals surface area (Å²) in [4.78, 5) is 11.7. The maximum absolute atomic E-state index is 9.05. The van der Waals surface area contributed by atoms with E-state index in [1.807, 2.05) is 29.3 Å². The van der Waals surface area contributed by atoms with Gasteiger partial charge in [-0.2, -0.15) is 10.4 Å². The van der Waals surface area contributed by atoms with E-state index in [2.05, 4.69) is 26.1 Å². The number of nitriles is 1. The molecule has 0 aromatic carbocycles. The maximum Gasteiger partial charge on any atom is 0.141 e. The summed E-state index contributed by atoms with van der Waals surface area (Å²) in [6, 6.07) is 4.42. The zero-order chi connectivity index (χ0) is 14.9. The third kappa shape index (κ3) is 2.35. The number of nitrogens with zero attached hydrogens (tertiary/aromatic N) is 5. The summed E-state index contributed by atoms with van der Waals surface area (Å²) in [5, 5.41) is 14.5. The van der Waals surface area contributed by atoms with Gasteiger partial charge in [0.2, 0.25) is 0 Å². The molecule has 1 N–H and O–H groups in total. The van der Waals surface area contributed by atoms with E-state index < -0.39 is 0 Å². The van der Waals surface area contributed by atoms with Crippen LogP contribution in [-0.4, -0.2) is 24.7 Å². The molecule has 0 saturated heterocycles. The molecule has 22 heavy (non-hydrogen) atoms. The molecule has 6 nitrogen and oxygen atoms in total. The third-order valence-electron chi connectivity index (χ3n) is 4.23.